The van der Waals surface area contributed by atoms with Crippen LogP contribution in [-0.2, 0) is 4.79 Å². The number of anilines is 1. The highest BCUT2D eigenvalue weighted by Gasteiger charge is 2.20. The second kappa shape index (κ2) is 5.14. The average Bonchev–Trinajstić information content (AvgIpc) is 2.64. The number of nitrogens with two attached hydrogens (primary N) is 1. The number of nitrogens with one attached hydrogen (secondary N) is 1. The summed E-state index contributed by atoms with van der Waals surface area (Å²) in [4.78, 5) is 25.9. The minimum atomic E-state index is -1.19. The predicted molar refractivity (Wildman–Crippen MR) is 58.9 cm³/mol. The lowest BCUT2D eigenvalue weighted by atomic mass is 10.2. The largest absolute Gasteiger partial charge is 0.480 e. The topological polar surface area (TPSA) is 105 Å². The molecule has 1 atom stereocenters. The van der Waals surface area contributed by atoms with Crippen molar-refractivity contribution in [2.24, 2.45) is 0 Å². The summed E-state index contributed by atoms with van der Waals surface area (Å²) in [6, 6.07) is -1.11. The number of carboxylic acids is 1. The van der Waals surface area contributed by atoms with Gasteiger partial charge in [-0.05, 0) is 0 Å². The molecule has 0 fully saturated rings. The maximum Gasteiger partial charge on any atom is 0.327 e. The molecule has 84 valence electrons. The van der Waals surface area contributed by atoms with Crippen LogP contribution in [-0.4, -0.2) is 28.0 Å². The number of thiazole rings is 1. The third-order valence-corrected chi connectivity index (χ3v) is 2.35. The third-order valence-electron chi connectivity index (χ3n) is 1.68. The molecule has 0 saturated carbocycles. The number of carbonyl (C=O) groups excluding carboxylic acids is 1. The van der Waals surface area contributed by atoms with Crippen molar-refractivity contribution >= 4 is 28.3 Å². The van der Waals surface area contributed by atoms with Gasteiger partial charge in [0, 0.05) is 11.8 Å². The molecule has 0 spiro atoms. The minimum Gasteiger partial charge on any atom is -0.480 e. The summed E-state index contributed by atoms with van der Waals surface area (Å²) in [5, 5.41) is 12.7. The second-order valence-electron chi connectivity index (χ2n) is 2.84. The van der Waals surface area contributed by atoms with Crippen LogP contribution in [0.25, 0.3) is 0 Å². The lowest BCUT2D eigenvalue weighted by molar-refractivity contribution is -0.139. The van der Waals surface area contributed by atoms with Crippen molar-refractivity contribution < 1.29 is 14.7 Å². The number of amides is 1. The van der Waals surface area contributed by atoms with Gasteiger partial charge in [0.05, 0.1) is 0 Å². The minimum absolute atomic E-state index is 0.0826. The van der Waals surface area contributed by atoms with E-state index in [4.69, 9.17) is 17.3 Å². The Labute approximate surface area is 95.5 Å². The summed E-state index contributed by atoms with van der Waals surface area (Å²) in [5.41, 5.74) is 5.43. The highest BCUT2D eigenvalue weighted by atomic mass is 32.1. The molecule has 0 radical (unpaired) electrons. The van der Waals surface area contributed by atoms with Crippen molar-refractivity contribution in [1.82, 2.24) is 10.3 Å². The smallest absolute Gasteiger partial charge is 0.327 e. The first-order chi connectivity index (χ1) is 7.54. The molecule has 4 N–H and O–H groups in total. The highest BCUT2D eigenvalue weighted by molar-refractivity contribution is 7.13. The van der Waals surface area contributed by atoms with E-state index in [1.807, 2.05) is 0 Å². The van der Waals surface area contributed by atoms with Crippen LogP contribution < -0.4 is 11.1 Å². The molecular formula is C9H9N3O3S. The number of hydrogen-bond acceptors (Lipinski definition) is 5. The first-order valence-electron chi connectivity index (χ1n) is 4.22. The van der Waals surface area contributed by atoms with Gasteiger partial charge in [0.2, 0.25) is 0 Å². The van der Waals surface area contributed by atoms with Crippen molar-refractivity contribution in [2.45, 2.75) is 12.5 Å². The zero-order valence-corrected chi connectivity index (χ0v) is 8.95. The van der Waals surface area contributed by atoms with Crippen LogP contribution in [0.15, 0.2) is 5.38 Å². The van der Waals surface area contributed by atoms with Gasteiger partial charge in [0.1, 0.15) is 11.7 Å². The fraction of sp³-hybridized carbons (Fsp3) is 0.222. The number of hydrogen-bond donors (Lipinski definition) is 3. The van der Waals surface area contributed by atoms with Gasteiger partial charge in [-0.2, -0.15) is 0 Å². The molecule has 1 rings (SSSR count). The maximum absolute atomic E-state index is 11.5. The molecule has 1 amide bonds. The number of aromatic nitrogens is 1. The number of terminal acetylenes is 1. The molecule has 0 aliphatic heterocycles. The van der Waals surface area contributed by atoms with Gasteiger partial charge in [-0.15, -0.1) is 23.7 Å². The second-order valence-corrected chi connectivity index (χ2v) is 3.73. The summed E-state index contributed by atoms with van der Waals surface area (Å²) in [6.45, 7) is 0. The molecule has 16 heavy (non-hydrogen) atoms. The molecule has 6 nitrogen and oxygen atoms in total. The van der Waals surface area contributed by atoms with E-state index in [9.17, 15) is 9.59 Å². The molecule has 1 aromatic rings. The summed E-state index contributed by atoms with van der Waals surface area (Å²) in [6.07, 6.45) is 4.90. The maximum atomic E-state index is 11.5. The normalized spacial score (nSPS) is 11.4. The van der Waals surface area contributed by atoms with Crippen LogP contribution in [0.3, 0.4) is 0 Å². The Morgan fingerprint density at radius 1 is 1.75 bits per heavy atom. The zero-order chi connectivity index (χ0) is 12.1. The number of carbonyl (C=O) groups is 2. The van der Waals surface area contributed by atoms with E-state index in [2.05, 4.69) is 16.2 Å². The molecule has 1 heterocycles. The first-order valence-corrected chi connectivity index (χ1v) is 5.10. The monoisotopic (exact) mass is 239 g/mol. The average molecular weight is 239 g/mol. The Morgan fingerprint density at radius 2 is 2.44 bits per heavy atom. The Bertz CT molecular complexity index is 449. The SMILES string of the molecule is C#CCC(NC(=O)c1csc(N)n1)C(=O)O. The highest BCUT2D eigenvalue weighted by Crippen LogP contribution is 2.10. The quantitative estimate of drug-likeness (QED) is 0.638. The Morgan fingerprint density at radius 3 is 2.88 bits per heavy atom. The van der Waals surface area contributed by atoms with Crippen LogP contribution in [0.2, 0.25) is 0 Å². The fourth-order valence-electron chi connectivity index (χ4n) is 0.942. The van der Waals surface area contributed by atoms with Gasteiger partial charge in [-0.25, -0.2) is 9.78 Å². The Hall–Kier alpha value is -2.07. The van der Waals surface area contributed by atoms with Crippen LogP contribution >= 0.6 is 11.3 Å². The summed E-state index contributed by atoms with van der Waals surface area (Å²) in [7, 11) is 0. The standard InChI is InChI=1S/C9H9N3O3S/c1-2-3-5(8(14)15)11-7(13)6-4-16-9(10)12-6/h1,4-5H,3H2,(H2,10,12)(H,11,13)(H,14,15). The van der Waals surface area contributed by atoms with Crippen molar-refractivity contribution in [3.8, 4) is 12.3 Å². The summed E-state index contributed by atoms with van der Waals surface area (Å²) in [5.74, 6) is 0.386. The van der Waals surface area contributed by atoms with Crippen molar-refractivity contribution in [3.63, 3.8) is 0 Å². The van der Waals surface area contributed by atoms with Crippen LogP contribution in [0.4, 0.5) is 5.13 Å². The molecule has 0 saturated heterocycles. The lowest BCUT2D eigenvalue weighted by Gasteiger charge is -2.09. The molecule has 0 aliphatic carbocycles. The van der Waals surface area contributed by atoms with E-state index in [0.717, 1.165) is 11.3 Å². The number of nitrogens with zero attached hydrogens (tertiary/aromatic N) is 1. The van der Waals surface area contributed by atoms with Crippen molar-refractivity contribution in [1.29, 1.82) is 0 Å². The van der Waals surface area contributed by atoms with Gasteiger partial charge < -0.3 is 16.2 Å². The van der Waals surface area contributed by atoms with E-state index in [-0.39, 0.29) is 17.2 Å². The molecule has 0 aromatic carbocycles. The fourth-order valence-corrected chi connectivity index (χ4v) is 1.49. The van der Waals surface area contributed by atoms with Crippen LogP contribution in [0.5, 0.6) is 0 Å². The van der Waals surface area contributed by atoms with Gasteiger partial charge >= 0.3 is 5.97 Å². The van der Waals surface area contributed by atoms with E-state index < -0.39 is 17.9 Å². The summed E-state index contributed by atoms with van der Waals surface area (Å²) >= 11 is 1.10. The number of rotatable bonds is 4. The van der Waals surface area contributed by atoms with Crippen LogP contribution in [0.1, 0.15) is 16.9 Å². The molecule has 7 heteroatoms. The molecule has 1 aromatic heterocycles. The first kappa shape index (κ1) is 12.0. The van der Waals surface area contributed by atoms with E-state index in [0.29, 0.717) is 0 Å². The van der Waals surface area contributed by atoms with E-state index in [1.54, 1.807) is 0 Å². The predicted octanol–water partition coefficient (Wildman–Crippen LogP) is -0.0684. The van der Waals surface area contributed by atoms with Gasteiger partial charge in [0.15, 0.2) is 5.13 Å². The summed E-state index contributed by atoms with van der Waals surface area (Å²) < 4.78 is 0. The molecule has 1 unspecified atom stereocenters. The van der Waals surface area contributed by atoms with E-state index >= 15 is 0 Å². The lowest BCUT2D eigenvalue weighted by Crippen LogP contribution is -2.40. The number of aliphatic carboxylic acids is 1. The zero-order valence-electron chi connectivity index (χ0n) is 8.14. The third kappa shape index (κ3) is 2.96. The Kier molecular flexibility index (Phi) is 3.85. The number of carboxylic acid groups (broad SMARTS) is 1. The number of nitrogen functional groups attached to an aromatic ring is 1. The van der Waals surface area contributed by atoms with Gasteiger partial charge in [-0.1, -0.05) is 0 Å². The molecular weight excluding hydrogens is 230 g/mol. The molecule has 0 bridgehead atoms. The van der Waals surface area contributed by atoms with Crippen molar-refractivity contribution in [3.05, 3.63) is 11.1 Å². The molecule has 0 aliphatic rings. The van der Waals surface area contributed by atoms with Crippen LogP contribution in [0, 0.1) is 12.3 Å². The van der Waals surface area contributed by atoms with E-state index in [1.165, 1.54) is 5.38 Å². The van der Waals surface area contributed by atoms with Gasteiger partial charge in [-0.3, -0.25) is 4.79 Å². The van der Waals surface area contributed by atoms with Gasteiger partial charge in [0.25, 0.3) is 5.91 Å². The van der Waals surface area contributed by atoms with Crippen molar-refractivity contribution in [2.75, 3.05) is 5.73 Å². The Balaban J connectivity index is 2.69.